The molecule has 0 aliphatic carbocycles. The van der Waals surface area contributed by atoms with Gasteiger partial charge in [-0.2, -0.15) is 0 Å². The van der Waals surface area contributed by atoms with Crippen LogP contribution >= 0.6 is 0 Å². The van der Waals surface area contributed by atoms with Gasteiger partial charge in [0.25, 0.3) is 0 Å². The average Bonchev–Trinajstić information content (AvgIpc) is 2.36. The van der Waals surface area contributed by atoms with Crippen LogP contribution in [0.15, 0.2) is 18.3 Å². The van der Waals surface area contributed by atoms with Gasteiger partial charge in [0.05, 0.1) is 0 Å². The van der Waals surface area contributed by atoms with Crippen LogP contribution in [0.1, 0.15) is 46.1 Å². The van der Waals surface area contributed by atoms with Gasteiger partial charge >= 0.3 is 0 Å². The molecule has 1 aromatic rings. The lowest BCUT2D eigenvalue weighted by Crippen LogP contribution is -2.31. The average molecular weight is 249 g/mol. The second-order valence-corrected chi connectivity index (χ2v) is 5.04. The molecule has 102 valence electrons. The van der Waals surface area contributed by atoms with Gasteiger partial charge in [-0.1, -0.05) is 13.8 Å². The predicted molar refractivity (Wildman–Crippen MR) is 78.9 cm³/mol. The van der Waals surface area contributed by atoms with E-state index in [1.54, 1.807) is 0 Å². The van der Waals surface area contributed by atoms with E-state index in [0.717, 1.165) is 31.9 Å². The van der Waals surface area contributed by atoms with Crippen LogP contribution in [0.3, 0.4) is 0 Å². The molecule has 0 saturated carbocycles. The highest BCUT2D eigenvalue weighted by molar-refractivity contribution is 5.37. The summed E-state index contributed by atoms with van der Waals surface area (Å²) < 4.78 is 0. The molecule has 0 saturated heterocycles. The smallest absolute Gasteiger partial charge is 0.126 e. The minimum absolute atomic E-state index is 0.588. The van der Waals surface area contributed by atoms with Crippen molar-refractivity contribution in [1.29, 1.82) is 0 Å². The summed E-state index contributed by atoms with van der Waals surface area (Å²) in [5, 5.41) is 3.34. The van der Waals surface area contributed by atoms with Crippen molar-refractivity contribution in [2.45, 2.75) is 53.1 Å². The van der Waals surface area contributed by atoms with E-state index < -0.39 is 0 Å². The Balaban J connectivity index is 2.64. The first-order chi connectivity index (χ1) is 8.67. The fourth-order valence-electron chi connectivity index (χ4n) is 1.96. The lowest BCUT2D eigenvalue weighted by atomic mass is 10.2. The van der Waals surface area contributed by atoms with Crippen LogP contribution < -0.4 is 5.32 Å². The van der Waals surface area contributed by atoms with Crippen molar-refractivity contribution in [2.75, 3.05) is 18.4 Å². The number of aromatic nitrogens is 1. The molecule has 1 rings (SSSR count). The Morgan fingerprint density at radius 1 is 1.28 bits per heavy atom. The molecule has 0 spiro atoms. The normalized spacial score (nSPS) is 11.2. The van der Waals surface area contributed by atoms with E-state index in [9.17, 15) is 0 Å². The second-order valence-electron chi connectivity index (χ2n) is 5.04. The summed E-state index contributed by atoms with van der Waals surface area (Å²) in [6.07, 6.45) is 4.22. The lowest BCUT2D eigenvalue weighted by Gasteiger charge is -2.26. The van der Waals surface area contributed by atoms with Crippen LogP contribution in [0.4, 0.5) is 5.82 Å². The van der Waals surface area contributed by atoms with Crippen LogP contribution in [0.25, 0.3) is 0 Å². The van der Waals surface area contributed by atoms with E-state index in [4.69, 9.17) is 0 Å². The van der Waals surface area contributed by atoms with Gasteiger partial charge in [0.15, 0.2) is 0 Å². The third kappa shape index (κ3) is 5.05. The molecule has 3 heteroatoms. The Hall–Kier alpha value is -1.09. The SMILES string of the molecule is CCCNc1cc(CN(CCC)C(C)C)ccn1. The van der Waals surface area contributed by atoms with Crippen molar-refractivity contribution < 1.29 is 0 Å². The molecule has 0 aliphatic rings. The Morgan fingerprint density at radius 2 is 2.06 bits per heavy atom. The fourth-order valence-corrected chi connectivity index (χ4v) is 1.96. The maximum Gasteiger partial charge on any atom is 0.126 e. The monoisotopic (exact) mass is 249 g/mol. The summed E-state index contributed by atoms with van der Waals surface area (Å²) in [5.74, 6) is 0.995. The van der Waals surface area contributed by atoms with E-state index in [2.05, 4.69) is 55.0 Å². The molecule has 0 amide bonds. The van der Waals surface area contributed by atoms with E-state index in [0.29, 0.717) is 6.04 Å². The summed E-state index contributed by atoms with van der Waals surface area (Å²) in [6.45, 7) is 12.1. The van der Waals surface area contributed by atoms with Gasteiger partial charge < -0.3 is 5.32 Å². The Bertz CT molecular complexity index is 336. The maximum absolute atomic E-state index is 4.35. The van der Waals surface area contributed by atoms with Crippen molar-refractivity contribution in [1.82, 2.24) is 9.88 Å². The van der Waals surface area contributed by atoms with E-state index >= 15 is 0 Å². The van der Waals surface area contributed by atoms with Crippen molar-refractivity contribution in [2.24, 2.45) is 0 Å². The molecule has 0 atom stereocenters. The molecule has 18 heavy (non-hydrogen) atoms. The minimum Gasteiger partial charge on any atom is -0.370 e. The summed E-state index contributed by atoms with van der Waals surface area (Å²) >= 11 is 0. The highest BCUT2D eigenvalue weighted by atomic mass is 15.1. The summed E-state index contributed by atoms with van der Waals surface area (Å²) in [4.78, 5) is 6.84. The van der Waals surface area contributed by atoms with Crippen LogP contribution in [0.2, 0.25) is 0 Å². The molecule has 1 aromatic heterocycles. The largest absolute Gasteiger partial charge is 0.370 e. The molecule has 0 fully saturated rings. The van der Waals surface area contributed by atoms with Crippen molar-refractivity contribution in [3.05, 3.63) is 23.9 Å². The Labute approximate surface area is 112 Å². The van der Waals surface area contributed by atoms with E-state index in [1.165, 1.54) is 12.0 Å². The maximum atomic E-state index is 4.35. The highest BCUT2D eigenvalue weighted by Gasteiger charge is 2.09. The Kier molecular flexibility index (Phi) is 6.73. The molecule has 0 bridgehead atoms. The first kappa shape index (κ1) is 15.0. The minimum atomic E-state index is 0.588. The zero-order valence-corrected chi connectivity index (χ0v) is 12.2. The Morgan fingerprint density at radius 3 is 2.67 bits per heavy atom. The zero-order chi connectivity index (χ0) is 13.4. The topological polar surface area (TPSA) is 28.2 Å². The number of hydrogen-bond donors (Lipinski definition) is 1. The van der Waals surface area contributed by atoms with Crippen LogP contribution in [0, 0.1) is 0 Å². The summed E-state index contributed by atoms with van der Waals surface area (Å²) in [5.41, 5.74) is 1.34. The third-order valence-electron chi connectivity index (χ3n) is 3.01. The molecule has 0 unspecified atom stereocenters. The zero-order valence-electron chi connectivity index (χ0n) is 12.2. The number of hydrogen-bond acceptors (Lipinski definition) is 3. The third-order valence-corrected chi connectivity index (χ3v) is 3.01. The van der Waals surface area contributed by atoms with Gasteiger partial charge in [-0.05, 0) is 50.9 Å². The van der Waals surface area contributed by atoms with Gasteiger partial charge in [0.2, 0.25) is 0 Å². The van der Waals surface area contributed by atoms with Gasteiger partial charge in [-0.25, -0.2) is 4.98 Å². The molecular formula is C15H27N3. The standard InChI is InChI=1S/C15H27N3/c1-5-8-16-15-11-14(7-9-17-15)12-18(10-6-2)13(3)4/h7,9,11,13H,5-6,8,10,12H2,1-4H3,(H,16,17). The van der Waals surface area contributed by atoms with E-state index in [-0.39, 0.29) is 0 Å². The number of anilines is 1. The summed E-state index contributed by atoms with van der Waals surface area (Å²) in [6, 6.07) is 4.87. The number of rotatable bonds is 8. The van der Waals surface area contributed by atoms with Gasteiger partial charge in [-0.15, -0.1) is 0 Å². The second kappa shape index (κ2) is 8.09. The highest BCUT2D eigenvalue weighted by Crippen LogP contribution is 2.12. The molecule has 1 heterocycles. The van der Waals surface area contributed by atoms with Crippen molar-refractivity contribution >= 4 is 5.82 Å². The van der Waals surface area contributed by atoms with Gasteiger partial charge in [-0.3, -0.25) is 4.90 Å². The quantitative estimate of drug-likeness (QED) is 0.764. The number of nitrogens with zero attached hydrogens (tertiary/aromatic N) is 2. The molecule has 1 N–H and O–H groups in total. The molecule has 0 radical (unpaired) electrons. The first-order valence-corrected chi connectivity index (χ1v) is 7.10. The first-order valence-electron chi connectivity index (χ1n) is 7.10. The fraction of sp³-hybridized carbons (Fsp3) is 0.667. The molecule has 3 nitrogen and oxygen atoms in total. The van der Waals surface area contributed by atoms with Crippen molar-refractivity contribution in [3.8, 4) is 0 Å². The molecule has 0 aliphatic heterocycles. The van der Waals surface area contributed by atoms with Crippen LogP contribution in [-0.4, -0.2) is 29.0 Å². The van der Waals surface area contributed by atoms with E-state index in [1.807, 2.05) is 6.20 Å². The number of nitrogens with one attached hydrogen (secondary N) is 1. The molecular weight excluding hydrogens is 222 g/mol. The molecule has 0 aromatic carbocycles. The van der Waals surface area contributed by atoms with Crippen molar-refractivity contribution in [3.63, 3.8) is 0 Å². The summed E-state index contributed by atoms with van der Waals surface area (Å²) in [7, 11) is 0. The van der Waals surface area contributed by atoms with Gasteiger partial charge in [0, 0.05) is 25.3 Å². The van der Waals surface area contributed by atoms with Gasteiger partial charge in [0.1, 0.15) is 5.82 Å². The predicted octanol–water partition coefficient (Wildman–Crippen LogP) is 3.52. The van der Waals surface area contributed by atoms with Crippen LogP contribution in [0.5, 0.6) is 0 Å². The number of pyridine rings is 1. The lowest BCUT2D eigenvalue weighted by molar-refractivity contribution is 0.213. The van der Waals surface area contributed by atoms with Crippen LogP contribution in [-0.2, 0) is 6.54 Å².